The van der Waals surface area contributed by atoms with Gasteiger partial charge in [0.05, 0.1) is 4.90 Å². The summed E-state index contributed by atoms with van der Waals surface area (Å²) in [5, 5.41) is 0. The van der Waals surface area contributed by atoms with Crippen molar-refractivity contribution >= 4 is 15.9 Å². The Labute approximate surface area is 153 Å². The number of aryl methyl sites for hydroxylation is 2. The predicted octanol–water partition coefficient (Wildman–Crippen LogP) is 2.77. The van der Waals surface area contributed by atoms with Crippen LogP contribution in [0.1, 0.15) is 23.1 Å². The average molecular weight is 378 g/mol. The number of hydrogen-bond donors (Lipinski definition) is 1. The Balaban J connectivity index is 1.89. The van der Waals surface area contributed by atoms with Crippen molar-refractivity contribution in [1.82, 2.24) is 9.62 Å². The highest BCUT2D eigenvalue weighted by atomic mass is 32.2. The van der Waals surface area contributed by atoms with E-state index >= 15 is 0 Å². The van der Waals surface area contributed by atoms with Gasteiger partial charge in [0.15, 0.2) is 0 Å². The SMILES string of the molecule is Cc1ccc(S(=O)(=O)NCCC(=O)N(C)Cc2ccc(F)cc2)c(C)c1. The van der Waals surface area contributed by atoms with Gasteiger partial charge in [0.1, 0.15) is 5.82 Å². The van der Waals surface area contributed by atoms with Crippen molar-refractivity contribution in [3.63, 3.8) is 0 Å². The third kappa shape index (κ3) is 5.37. The van der Waals surface area contributed by atoms with Gasteiger partial charge in [-0.05, 0) is 43.2 Å². The maximum atomic E-state index is 12.9. The minimum absolute atomic E-state index is 0.0161. The molecule has 0 aliphatic rings. The van der Waals surface area contributed by atoms with Gasteiger partial charge in [-0.2, -0.15) is 0 Å². The van der Waals surface area contributed by atoms with E-state index in [9.17, 15) is 17.6 Å². The van der Waals surface area contributed by atoms with E-state index in [4.69, 9.17) is 0 Å². The molecular weight excluding hydrogens is 355 g/mol. The molecule has 0 radical (unpaired) electrons. The van der Waals surface area contributed by atoms with Gasteiger partial charge in [-0.15, -0.1) is 0 Å². The van der Waals surface area contributed by atoms with Gasteiger partial charge in [0.25, 0.3) is 0 Å². The molecular formula is C19H23FN2O3S. The van der Waals surface area contributed by atoms with Crippen LogP contribution in [0.3, 0.4) is 0 Å². The maximum Gasteiger partial charge on any atom is 0.240 e. The van der Waals surface area contributed by atoms with Gasteiger partial charge in [0.2, 0.25) is 15.9 Å². The largest absolute Gasteiger partial charge is 0.341 e. The van der Waals surface area contributed by atoms with Gasteiger partial charge in [-0.25, -0.2) is 17.5 Å². The molecule has 2 aromatic carbocycles. The molecule has 0 saturated heterocycles. The van der Waals surface area contributed by atoms with E-state index in [0.717, 1.165) is 11.1 Å². The molecule has 0 unspecified atom stereocenters. The van der Waals surface area contributed by atoms with Crippen LogP contribution in [0.5, 0.6) is 0 Å². The third-order valence-electron chi connectivity index (χ3n) is 4.01. The monoisotopic (exact) mass is 378 g/mol. The molecule has 26 heavy (non-hydrogen) atoms. The summed E-state index contributed by atoms with van der Waals surface area (Å²) in [6.45, 7) is 3.99. The number of hydrogen-bond acceptors (Lipinski definition) is 3. The molecule has 7 heteroatoms. The molecule has 5 nitrogen and oxygen atoms in total. The highest BCUT2D eigenvalue weighted by molar-refractivity contribution is 7.89. The number of nitrogens with one attached hydrogen (secondary N) is 1. The van der Waals surface area contributed by atoms with E-state index in [-0.39, 0.29) is 29.6 Å². The Kier molecular flexibility index (Phi) is 6.50. The fraction of sp³-hybridized carbons (Fsp3) is 0.316. The summed E-state index contributed by atoms with van der Waals surface area (Å²) in [7, 11) is -2.03. The van der Waals surface area contributed by atoms with Crippen molar-refractivity contribution in [3.8, 4) is 0 Å². The molecule has 0 spiro atoms. The molecule has 1 N–H and O–H groups in total. The van der Waals surface area contributed by atoms with Gasteiger partial charge in [-0.3, -0.25) is 4.79 Å². The van der Waals surface area contributed by atoms with Crippen molar-refractivity contribution in [2.75, 3.05) is 13.6 Å². The van der Waals surface area contributed by atoms with Crippen molar-refractivity contribution in [2.24, 2.45) is 0 Å². The van der Waals surface area contributed by atoms with Crippen LogP contribution in [0, 0.1) is 19.7 Å². The normalized spacial score (nSPS) is 11.4. The number of benzene rings is 2. The number of rotatable bonds is 7. The van der Waals surface area contributed by atoms with E-state index in [1.165, 1.54) is 17.0 Å². The summed E-state index contributed by atoms with van der Waals surface area (Å²) in [5.41, 5.74) is 2.45. The number of nitrogens with zero attached hydrogens (tertiary/aromatic N) is 1. The van der Waals surface area contributed by atoms with Crippen LogP contribution in [0.4, 0.5) is 4.39 Å². The van der Waals surface area contributed by atoms with Crippen LogP contribution in [-0.2, 0) is 21.4 Å². The number of amides is 1. The Morgan fingerprint density at radius 2 is 1.77 bits per heavy atom. The van der Waals surface area contributed by atoms with Crippen LogP contribution in [0.15, 0.2) is 47.4 Å². The highest BCUT2D eigenvalue weighted by Crippen LogP contribution is 2.16. The topological polar surface area (TPSA) is 66.5 Å². The second-order valence-corrected chi connectivity index (χ2v) is 8.03. The summed E-state index contributed by atoms with van der Waals surface area (Å²) in [6.07, 6.45) is 0.0435. The van der Waals surface area contributed by atoms with Crippen LogP contribution >= 0.6 is 0 Å². The van der Waals surface area contributed by atoms with Crippen LogP contribution in [0.25, 0.3) is 0 Å². The fourth-order valence-corrected chi connectivity index (χ4v) is 3.87. The number of halogens is 1. The van der Waals surface area contributed by atoms with Gasteiger partial charge in [-0.1, -0.05) is 29.8 Å². The Bertz CT molecular complexity index is 880. The first-order valence-electron chi connectivity index (χ1n) is 8.24. The molecule has 2 rings (SSSR count). The lowest BCUT2D eigenvalue weighted by molar-refractivity contribution is -0.130. The molecule has 0 aliphatic carbocycles. The van der Waals surface area contributed by atoms with E-state index in [0.29, 0.717) is 12.1 Å². The van der Waals surface area contributed by atoms with E-state index in [1.807, 2.05) is 6.92 Å². The molecule has 0 aliphatic heterocycles. The Morgan fingerprint density at radius 3 is 2.38 bits per heavy atom. The molecule has 0 fully saturated rings. The average Bonchev–Trinajstić information content (AvgIpc) is 2.56. The zero-order valence-corrected chi connectivity index (χ0v) is 15.9. The molecule has 2 aromatic rings. The quantitative estimate of drug-likeness (QED) is 0.806. The molecule has 0 saturated carbocycles. The molecule has 0 bridgehead atoms. The lowest BCUT2D eigenvalue weighted by Gasteiger charge is -2.17. The van der Waals surface area contributed by atoms with Crippen molar-refractivity contribution in [3.05, 3.63) is 65.0 Å². The van der Waals surface area contributed by atoms with Crippen LogP contribution in [0.2, 0.25) is 0 Å². The summed E-state index contributed by atoms with van der Waals surface area (Å²) in [6, 6.07) is 11.0. The zero-order chi connectivity index (χ0) is 19.3. The second-order valence-electron chi connectivity index (χ2n) is 6.29. The minimum atomic E-state index is -3.66. The summed E-state index contributed by atoms with van der Waals surface area (Å²) >= 11 is 0. The maximum absolute atomic E-state index is 12.9. The molecule has 0 aromatic heterocycles. The molecule has 1 amide bonds. The van der Waals surface area contributed by atoms with Gasteiger partial charge in [0, 0.05) is 26.6 Å². The second kappa shape index (κ2) is 8.42. The Hall–Kier alpha value is -2.25. The van der Waals surface area contributed by atoms with E-state index < -0.39 is 10.0 Å². The van der Waals surface area contributed by atoms with Crippen LogP contribution in [-0.4, -0.2) is 32.8 Å². The zero-order valence-electron chi connectivity index (χ0n) is 15.1. The minimum Gasteiger partial charge on any atom is -0.341 e. The third-order valence-corrected chi connectivity index (χ3v) is 5.63. The highest BCUT2D eigenvalue weighted by Gasteiger charge is 2.17. The fourth-order valence-electron chi connectivity index (χ4n) is 2.61. The van der Waals surface area contributed by atoms with Crippen molar-refractivity contribution in [1.29, 1.82) is 0 Å². The first kappa shape index (κ1) is 20.1. The predicted molar refractivity (Wildman–Crippen MR) is 98.6 cm³/mol. The first-order valence-corrected chi connectivity index (χ1v) is 9.72. The summed E-state index contributed by atoms with van der Waals surface area (Å²) in [5.74, 6) is -0.527. The first-order chi connectivity index (χ1) is 12.2. The smallest absolute Gasteiger partial charge is 0.240 e. The van der Waals surface area contributed by atoms with Crippen molar-refractivity contribution < 1.29 is 17.6 Å². The van der Waals surface area contributed by atoms with Crippen LogP contribution < -0.4 is 4.72 Å². The van der Waals surface area contributed by atoms with Gasteiger partial charge >= 0.3 is 0 Å². The van der Waals surface area contributed by atoms with Gasteiger partial charge < -0.3 is 4.90 Å². The lowest BCUT2D eigenvalue weighted by atomic mass is 10.2. The number of sulfonamides is 1. The van der Waals surface area contributed by atoms with E-state index in [1.54, 1.807) is 44.3 Å². The molecule has 0 atom stereocenters. The van der Waals surface area contributed by atoms with Crippen molar-refractivity contribution in [2.45, 2.75) is 31.7 Å². The van der Waals surface area contributed by atoms with E-state index in [2.05, 4.69) is 4.72 Å². The number of carbonyl (C=O) groups excluding carboxylic acids is 1. The lowest BCUT2D eigenvalue weighted by Crippen LogP contribution is -2.32. The summed E-state index contributed by atoms with van der Waals surface area (Å²) in [4.78, 5) is 13.9. The molecule has 140 valence electrons. The molecule has 0 heterocycles. The summed E-state index contributed by atoms with van der Waals surface area (Å²) < 4.78 is 40.1. The number of carbonyl (C=O) groups is 1. The standard InChI is InChI=1S/C19H23FN2O3S/c1-14-4-9-18(15(2)12-14)26(24,25)21-11-10-19(23)22(3)13-16-5-7-17(20)8-6-16/h4-9,12,21H,10-11,13H2,1-3H3. The Morgan fingerprint density at radius 1 is 1.12 bits per heavy atom.